The van der Waals surface area contributed by atoms with Gasteiger partial charge in [-0.2, -0.15) is 13.2 Å². The third kappa shape index (κ3) is 5.06. The van der Waals surface area contributed by atoms with E-state index in [4.69, 9.17) is 0 Å². The molecule has 150 valence electrons. The normalized spacial score (nSPS) is 21.2. The van der Waals surface area contributed by atoms with E-state index in [1.54, 1.807) is 4.90 Å². The highest BCUT2D eigenvalue weighted by molar-refractivity contribution is 5.74. The highest BCUT2D eigenvalue weighted by Gasteiger charge is 2.41. The molecule has 1 unspecified atom stereocenters. The van der Waals surface area contributed by atoms with Crippen molar-refractivity contribution in [2.24, 2.45) is 0 Å². The Morgan fingerprint density at radius 3 is 2.19 bits per heavy atom. The van der Waals surface area contributed by atoms with Gasteiger partial charge in [-0.3, -0.25) is 4.90 Å². The Morgan fingerprint density at radius 1 is 1.04 bits per heavy atom. The van der Waals surface area contributed by atoms with Crippen molar-refractivity contribution in [3.8, 4) is 0 Å². The number of piperidine rings is 1. The molecule has 0 aliphatic carbocycles. The van der Waals surface area contributed by atoms with Gasteiger partial charge in [-0.1, -0.05) is 18.2 Å². The number of alkyl halides is 3. The molecule has 0 aromatic heterocycles. The van der Waals surface area contributed by atoms with Crippen LogP contribution in [0.4, 0.5) is 23.7 Å². The second-order valence-corrected chi connectivity index (χ2v) is 7.29. The van der Waals surface area contributed by atoms with E-state index >= 15 is 0 Å². The number of nitrogens with one attached hydrogen (secondary N) is 1. The van der Waals surface area contributed by atoms with Gasteiger partial charge in [0.15, 0.2) is 0 Å². The zero-order chi connectivity index (χ0) is 19.4. The number of carbonyl (C=O) groups is 1. The van der Waals surface area contributed by atoms with Crippen LogP contribution in [0.15, 0.2) is 30.3 Å². The number of amides is 2. The van der Waals surface area contributed by atoms with Gasteiger partial charge in [0.25, 0.3) is 0 Å². The van der Waals surface area contributed by atoms with Gasteiger partial charge in [0.05, 0.1) is 0 Å². The van der Waals surface area contributed by atoms with E-state index in [9.17, 15) is 18.0 Å². The summed E-state index contributed by atoms with van der Waals surface area (Å²) in [7, 11) is 0. The molecule has 1 aromatic carbocycles. The number of halogens is 3. The summed E-state index contributed by atoms with van der Waals surface area (Å²) in [5.41, 5.74) is 1.19. The van der Waals surface area contributed by atoms with Gasteiger partial charge < -0.3 is 15.1 Å². The van der Waals surface area contributed by atoms with Crippen LogP contribution in [0.5, 0.6) is 0 Å². The van der Waals surface area contributed by atoms with E-state index in [0.717, 1.165) is 25.9 Å². The lowest BCUT2D eigenvalue weighted by atomic mass is 10.0. The highest BCUT2D eigenvalue weighted by Crippen LogP contribution is 2.25. The molecule has 5 nitrogen and oxygen atoms in total. The van der Waals surface area contributed by atoms with Crippen molar-refractivity contribution in [1.82, 2.24) is 15.1 Å². The van der Waals surface area contributed by atoms with E-state index in [2.05, 4.69) is 22.3 Å². The van der Waals surface area contributed by atoms with E-state index in [1.807, 2.05) is 18.2 Å². The van der Waals surface area contributed by atoms with Crippen molar-refractivity contribution in [2.75, 3.05) is 44.2 Å². The molecule has 0 saturated carbocycles. The first-order valence-corrected chi connectivity index (χ1v) is 9.51. The van der Waals surface area contributed by atoms with Crippen LogP contribution in [-0.4, -0.2) is 73.4 Å². The first-order chi connectivity index (χ1) is 12.8. The number of benzene rings is 1. The number of hydrogen-bond donors (Lipinski definition) is 1. The van der Waals surface area contributed by atoms with Crippen molar-refractivity contribution < 1.29 is 18.0 Å². The maximum absolute atomic E-state index is 12.8. The summed E-state index contributed by atoms with van der Waals surface area (Å²) in [6, 6.07) is 8.68. The molecule has 1 atom stereocenters. The maximum atomic E-state index is 12.8. The van der Waals surface area contributed by atoms with Crippen LogP contribution in [-0.2, 0) is 0 Å². The summed E-state index contributed by atoms with van der Waals surface area (Å²) in [5, 5.41) is 3.05. The van der Waals surface area contributed by atoms with Crippen LogP contribution in [0.25, 0.3) is 0 Å². The SMILES string of the molecule is CC(N1CCN(C(=O)NC2CCN(c3ccccc3)CC2)CC1)C(F)(F)F. The molecule has 2 aliphatic heterocycles. The number of rotatable bonds is 3. The summed E-state index contributed by atoms with van der Waals surface area (Å²) in [6.07, 6.45) is -2.49. The Labute approximate surface area is 158 Å². The van der Waals surface area contributed by atoms with Crippen molar-refractivity contribution in [2.45, 2.75) is 38.0 Å². The van der Waals surface area contributed by atoms with E-state index < -0.39 is 12.2 Å². The molecule has 1 N–H and O–H groups in total. The van der Waals surface area contributed by atoms with Crippen molar-refractivity contribution >= 4 is 11.7 Å². The summed E-state index contributed by atoms with van der Waals surface area (Å²) < 4.78 is 38.4. The molecule has 2 fully saturated rings. The largest absolute Gasteiger partial charge is 0.403 e. The summed E-state index contributed by atoms with van der Waals surface area (Å²) in [5.74, 6) is 0. The topological polar surface area (TPSA) is 38.8 Å². The Balaban J connectivity index is 1.42. The molecule has 0 radical (unpaired) electrons. The predicted molar refractivity (Wildman–Crippen MR) is 98.9 cm³/mol. The minimum atomic E-state index is -4.23. The number of carbonyl (C=O) groups excluding carboxylic acids is 1. The van der Waals surface area contributed by atoms with Gasteiger partial charge in [-0.15, -0.1) is 0 Å². The van der Waals surface area contributed by atoms with Crippen LogP contribution < -0.4 is 10.2 Å². The molecule has 1 aromatic rings. The predicted octanol–water partition coefficient (Wildman–Crippen LogP) is 2.93. The van der Waals surface area contributed by atoms with E-state index in [-0.39, 0.29) is 25.2 Å². The van der Waals surface area contributed by atoms with Gasteiger partial charge in [-0.25, -0.2) is 4.79 Å². The molecule has 27 heavy (non-hydrogen) atoms. The number of nitrogens with zero attached hydrogens (tertiary/aromatic N) is 3. The molecule has 2 amide bonds. The Kier molecular flexibility index (Phi) is 6.14. The lowest BCUT2D eigenvalue weighted by Gasteiger charge is -2.39. The number of urea groups is 1. The van der Waals surface area contributed by atoms with Crippen molar-refractivity contribution in [3.63, 3.8) is 0 Å². The Hall–Kier alpha value is -1.96. The zero-order valence-electron chi connectivity index (χ0n) is 15.6. The Bertz CT molecular complexity index is 609. The molecule has 2 saturated heterocycles. The van der Waals surface area contributed by atoms with Crippen LogP contribution in [0.2, 0.25) is 0 Å². The summed E-state index contributed by atoms with van der Waals surface area (Å²) in [4.78, 5) is 17.8. The molecular weight excluding hydrogens is 357 g/mol. The smallest absolute Gasteiger partial charge is 0.371 e. The monoisotopic (exact) mass is 384 g/mol. The fraction of sp³-hybridized carbons (Fsp3) is 0.632. The van der Waals surface area contributed by atoms with E-state index in [0.29, 0.717) is 13.1 Å². The molecule has 8 heteroatoms. The second-order valence-electron chi connectivity index (χ2n) is 7.29. The number of anilines is 1. The number of hydrogen-bond acceptors (Lipinski definition) is 3. The standard InChI is InChI=1S/C19H27F3N4O/c1-15(19(20,21)22)24-11-13-26(14-12-24)18(27)23-16-7-9-25(10-8-16)17-5-3-2-4-6-17/h2-6,15-16H,7-14H2,1H3,(H,23,27). The maximum Gasteiger partial charge on any atom is 0.403 e. The van der Waals surface area contributed by atoms with Gasteiger partial charge >= 0.3 is 12.2 Å². The minimum absolute atomic E-state index is 0.115. The molecule has 0 spiro atoms. The van der Waals surface area contributed by atoms with Crippen LogP contribution in [0.3, 0.4) is 0 Å². The van der Waals surface area contributed by atoms with Crippen LogP contribution in [0, 0.1) is 0 Å². The first-order valence-electron chi connectivity index (χ1n) is 9.51. The number of piperazine rings is 1. The van der Waals surface area contributed by atoms with Gasteiger partial charge in [0.1, 0.15) is 6.04 Å². The van der Waals surface area contributed by atoms with Crippen LogP contribution >= 0.6 is 0 Å². The molecule has 0 bridgehead atoms. The lowest BCUT2D eigenvalue weighted by Crippen LogP contribution is -2.57. The first kappa shape index (κ1) is 19.8. The summed E-state index contributed by atoms with van der Waals surface area (Å²) >= 11 is 0. The molecule has 2 aliphatic rings. The van der Waals surface area contributed by atoms with Gasteiger partial charge in [-0.05, 0) is 31.9 Å². The average molecular weight is 384 g/mol. The fourth-order valence-corrected chi connectivity index (χ4v) is 3.71. The van der Waals surface area contributed by atoms with Crippen molar-refractivity contribution in [1.29, 1.82) is 0 Å². The fourth-order valence-electron chi connectivity index (χ4n) is 3.71. The zero-order valence-corrected chi connectivity index (χ0v) is 15.6. The molecule has 3 rings (SSSR count). The second kappa shape index (κ2) is 8.37. The summed E-state index contributed by atoms with van der Waals surface area (Å²) in [6.45, 7) is 4.10. The average Bonchev–Trinajstić information content (AvgIpc) is 2.68. The third-order valence-corrected chi connectivity index (χ3v) is 5.57. The lowest BCUT2D eigenvalue weighted by molar-refractivity contribution is -0.181. The van der Waals surface area contributed by atoms with Gasteiger partial charge in [0.2, 0.25) is 0 Å². The number of para-hydroxylation sites is 1. The van der Waals surface area contributed by atoms with Crippen molar-refractivity contribution in [3.05, 3.63) is 30.3 Å². The van der Waals surface area contributed by atoms with Crippen LogP contribution in [0.1, 0.15) is 19.8 Å². The molecular formula is C19H27F3N4O. The van der Waals surface area contributed by atoms with E-state index in [1.165, 1.54) is 17.5 Å². The Morgan fingerprint density at radius 2 is 1.63 bits per heavy atom. The quantitative estimate of drug-likeness (QED) is 0.871. The minimum Gasteiger partial charge on any atom is -0.371 e. The third-order valence-electron chi connectivity index (χ3n) is 5.57. The highest BCUT2D eigenvalue weighted by atomic mass is 19.4. The van der Waals surface area contributed by atoms with Gasteiger partial charge in [0, 0.05) is 51.0 Å². The molecule has 2 heterocycles.